The summed E-state index contributed by atoms with van der Waals surface area (Å²) >= 11 is 0. The highest BCUT2D eigenvalue weighted by atomic mass is 16.3. The van der Waals surface area contributed by atoms with Gasteiger partial charge in [-0.1, -0.05) is 6.92 Å². The lowest BCUT2D eigenvalue weighted by molar-refractivity contribution is -0.139. The molecular formula is C21H28N4O3. The molecule has 28 heavy (non-hydrogen) atoms. The standard InChI is InChI=1S/C21H28N4O3/c1-4-16(20(27)24-9-6-14(7-10-24)21(2,3)28)25-12-13-5-8-22-18-17(13)15(11-23-18)19(25)26/h5,8,11,14,16,28H,4,6-7,9-10,12H2,1-3H3,(H,22,23)/t16-/m1/s1. The molecule has 2 amide bonds. The van der Waals surface area contributed by atoms with Crippen LogP contribution in [-0.2, 0) is 11.3 Å². The topological polar surface area (TPSA) is 89.5 Å². The Balaban J connectivity index is 1.53. The van der Waals surface area contributed by atoms with E-state index in [2.05, 4.69) is 9.97 Å². The Hall–Kier alpha value is -2.41. The first kappa shape index (κ1) is 18.9. The summed E-state index contributed by atoms with van der Waals surface area (Å²) < 4.78 is 0. The van der Waals surface area contributed by atoms with E-state index in [1.807, 2.05) is 31.7 Å². The SMILES string of the molecule is CC[C@H](C(=O)N1CCC(C(C)(C)O)CC1)N1Cc2ccnc3[nH]cc(c23)C1=O. The number of rotatable bonds is 4. The molecule has 4 heterocycles. The van der Waals surface area contributed by atoms with Crippen molar-refractivity contribution in [1.29, 1.82) is 0 Å². The minimum Gasteiger partial charge on any atom is -0.390 e. The molecule has 0 bridgehead atoms. The summed E-state index contributed by atoms with van der Waals surface area (Å²) in [6.45, 7) is 7.30. The molecule has 0 spiro atoms. The van der Waals surface area contributed by atoms with Gasteiger partial charge in [-0.3, -0.25) is 9.59 Å². The number of H-pyrrole nitrogens is 1. The third-order valence-corrected chi connectivity index (χ3v) is 6.35. The van der Waals surface area contributed by atoms with E-state index in [0.717, 1.165) is 23.8 Å². The maximum atomic E-state index is 13.3. The predicted molar refractivity (Wildman–Crippen MR) is 106 cm³/mol. The van der Waals surface area contributed by atoms with E-state index in [-0.39, 0.29) is 17.7 Å². The first-order valence-corrected chi connectivity index (χ1v) is 10.1. The summed E-state index contributed by atoms with van der Waals surface area (Å²) in [5.74, 6) is 0.0911. The summed E-state index contributed by atoms with van der Waals surface area (Å²) in [5.41, 5.74) is 1.61. The van der Waals surface area contributed by atoms with E-state index in [1.165, 1.54) is 0 Å². The van der Waals surface area contributed by atoms with Gasteiger partial charge < -0.3 is 19.9 Å². The van der Waals surface area contributed by atoms with Crippen LogP contribution in [-0.4, -0.2) is 61.4 Å². The van der Waals surface area contributed by atoms with Gasteiger partial charge in [-0.15, -0.1) is 0 Å². The molecule has 1 atom stereocenters. The quantitative estimate of drug-likeness (QED) is 0.846. The fourth-order valence-corrected chi connectivity index (χ4v) is 4.63. The number of nitrogens with one attached hydrogen (secondary N) is 1. The zero-order chi connectivity index (χ0) is 20.1. The van der Waals surface area contributed by atoms with E-state index < -0.39 is 11.6 Å². The van der Waals surface area contributed by atoms with Gasteiger partial charge in [0.05, 0.1) is 11.2 Å². The molecule has 2 aliphatic rings. The third-order valence-electron chi connectivity index (χ3n) is 6.35. The van der Waals surface area contributed by atoms with Crippen molar-refractivity contribution in [2.24, 2.45) is 5.92 Å². The highest BCUT2D eigenvalue weighted by Gasteiger charge is 2.38. The Labute approximate surface area is 164 Å². The van der Waals surface area contributed by atoms with Crippen LogP contribution in [0.5, 0.6) is 0 Å². The number of aliphatic hydroxyl groups is 1. The zero-order valence-electron chi connectivity index (χ0n) is 16.7. The Morgan fingerprint density at radius 3 is 2.75 bits per heavy atom. The van der Waals surface area contributed by atoms with Crippen molar-refractivity contribution in [3.05, 3.63) is 29.6 Å². The van der Waals surface area contributed by atoms with Gasteiger partial charge >= 0.3 is 0 Å². The molecule has 1 fully saturated rings. The summed E-state index contributed by atoms with van der Waals surface area (Å²) in [7, 11) is 0. The predicted octanol–water partition coefficient (Wildman–Crippen LogP) is 2.31. The van der Waals surface area contributed by atoms with Crippen molar-refractivity contribution in [2.45, 2.75) is 58.2 Å². The number of amides is 2. The first-order chi connectivity index (χ1) is 13.3. The van der Waals surface area contributed by atoms with Crippen molar-refractivity contribution >= 4 is 22.8 Å². The second-order valence-electron chi connectivity index (χ2n) is 8.51. The van der Waals surface area contributed by atoms with Crippen molar-refractivity contribution < 1.29 is 14.7 Å². The van der Waals surface area contributed by atoms with Crippen LogP contribution >= 0.6 is 0 Å². The Bertz CT molecular complexity index is 906. The van der Waals surface area contributed by atoms with Crippen LogP contribution in [0.25, 0.3) is 11.0 Å². The van der Waals surface area contributed by atoms with Crippen molar-refractivity contribution in [3.63, 3.8) is 0 Å². The van der Waals surface area contributed by atoms with Crippen LogP contribution < -0.4 is 0 Å². The molecule has 2 N–H and O–H groups in total. The molecule has 1 saturated heterocycles. The number of pyridine rings is 1. The third kappa shape index (κ3) is 3.07. The Morgan fingerprint density at radius 1 is 1.39 bits per heavy atom. The minimum atomic E-state index is -0.723. The van der Waals surface area contributed by atoms with Gasteiger partial charge in [0.1, 0.15) is 11.7 Å². The van der Waals surface area contributed by atoms with E-state index in [0.29, 0.717) is 37.3 Å². The smallest absolute Gasteiger partial charge is 0.257 e. The van der Waals surface area contributed by atoms with Crippen LogP contribution in [0.2, 0.25) is 0 Å². The molecule has 0 saturated carbocycles. The fraction of sp³-hybridized carbons (Fsp3) is 0.571. The number of carbonyl (C=O) groups is 2. The highest BCUT2D eigenvalue weighted by Crippen LogP contribution is 2.32. The summed E-state index contributed by atoms with van der Waals surface area (Å²) in [5, 5.41) is 11.1. The average Bonchev–Trinajstić information content (AvgIpc) is 3.11. The maximum Gasteiger partial charge on any atom is 0.257 e. The molecule has 0 aliphatic carbocycles. The molecule has 7 nitrogen and oxygen atoms in total. The van der Waals surface area contributed by atoms with Crippen LogP contribution in [0, 0.1) is 5.92 Å². The van der Waals surface area contributed by atoms with Gasteiger partial charge in [-0.25, -0.2) is 4.98 Å². The van der Waals surface area contributed by atoms with Gasteiger partial charge in [0.25, 0.3) is 5.91 Å². The Kier molecular flexibility index (Phi) is 4.65. The first-order valence-electron chi connectivity index (χ1n) is 10.1. The Morgan fingerprint density at radius 2 is 2.11 bits per heavy atom. The van der Waals surface area contributed by atoms with E-state index in [1.54, 1.807) is 17.3 Å². The molecule has 2 aromatic rings. The molecule has 7 heteroatoms. The van der Waals surface area contributed by atoms with Crippen molar-refractivity contribution in [2.75, 3.05) is 13.1 Å². The number of hydrogen-bond acceptors (Lipinski definition) is 4. The van der Waals surface area contributed by atoms with Gasteiger partial charge in [0, 0.05) is 37.4 Å². The molecular weight excluding hydrogens is 356 g/mol. The minimum absolute atomic E-state index is 0.00864. The second kappa shape index (κ2) is 6.88. The summed E-state index contributed by atoms with van der Waals surface area (Å²) in [6.07, 6.45) is 5.57. The molecule has 2 aliphatic heterocycles. The second-order valence-corrected chi connectivity index (χ2v) is 8.51. The number of aromatic nitrogens is 2. The molecule has 0 radical (unpaired) electrons. The van der Waals surface area contributed by atoms with Crippen molar-refractivity contribution in [3.8, 4) is 0 Å². The van der Waals surface area contributed by atoms with E-state index in [4.69, 9.17) is 0 Å². The van der Waals surface area contributed by atoms with Crippen molar-refractivity contribution in [1.82, 2.24) is 19.8 Å². The number of nitrogens with zero attached hydrogens (tertiary/aromatic N) is 3. The average molecular weight is 384 g/mol. The molecule has 150 valence electrons. The van der Waals surface area contributed by atoms with Gasteiger partial charge in [-0.2, -0.15) is 0 Å². The number of carbonyl (C=O) groups excluding carboxylic acids is 2. The zero-order valence-corrected chi connectivity index (χ0v) is 16.7. The molecule has 0 unspecified atom stereocenters. The highest BCUT2D eigenvalue weighted by molar-refractivity contribution is 6.10. The molecule has 2 aromatic heterocycles. The van der Waals surface area contributed by atoms with Gasteiger partial charge in [-0.05, 0) is 50.7 Å². The monoisotopic (exact) mass is 384 g/mol. The maximum absolute atomic E-state index is 13.3. The lowest BCUT2D eigenvalue weighted by Crippen LogP contribution is -2.53. The van der Waals surface area contributed by atoms with E-state index in [9.17, 15) is 14.7 Å². The van der Waals surface area contributed by atoms with Crippen LogP contribution in [0.1, 0.15) is 56.0 Å². The van der Waals surface area contributed by atoms with Gasteiger partial charge in [0.15, 0.2) is 0 Å². The molecule has 0 aromatic carbocycles. The van der Waals surface area contributed by atoms with Crippen LogP contribution in [0.15, 0.2) is 18.5 Å². The van der Waals surface area contributed by atoms with E-state index >= 15 is 0 Å². The molecule has 4 rings (SSSR count). The van der Waals surface area contributed by atoms with Crippen LogP contribution in [0.4, 0.5) is 0 Å². The van der Waals surface area contributed by atoms with Crippen LogP contribution in [0.3, 0.4) is 0 Å². The number of aromatic amines is 1. The number of likely N-dealkylation sites (tertiary alicyclic amines) is 1. The van der Waals surface area contributed by atoms with Gasteiger partial charge in [0.2, 0.25) is 5.91 Å². The number of piperidine rings is 1. The lowest BCUT2D eigenvalue weighted by atomic mass is 9.83. The largest absolute Gasteiger partial charge is 0.390 e. The summed E-state index contributed by atoms with van der Waals surface area (Å²) in [6, 6.07) is 1.45. The summed E-state index contributed by atoms with van der Waals surface area (Å²) in [4.78, 5) is 37.3. The fourth-order valence-electron chi connectivity index (χ4n) is 4.63. The number of hydrogen-bond donors (Lipinski definition) is 2. The lowest BCUT2D eigenvalue weighted by Gasteiger charge is -2.41. The normalized spacial score (nSPS) is 19.4.